The van der Waals surface area contributed by atoms with Gasteiger partial charge in [-0.1, -0.05) is 48.4 Å². The summed E-state index contributed by atoms with van der Waals surface area (Å²) in [6.45, 7) is 13.5. The van der Waals surface area contributed by atoms with Crippen molar-refractivity contribution in [3.63, 3.8) is 0 Å². The Morgan fingerprint density at radius 3 is 2.44 bits per heavy atom. The molecule has 0 amide bonds. The van der Waals surface area contributed by atoms with Crippen LogP contribution in [0.3, 0.4) is 0 Å². The Balaban J connectivity index is 1.17. The Kier molecular flexibility index (Phi) is 13.7. The third-order valence-corrected chi connectivity index (χ3v) is 10.8. The fourth-order valence-electron chi connectivity index (χ4n) is 7.70. The molecule has 3 atom stereocenters. The summed E-state index contributed by atoms with van der Waals surface area (Å²) in [6, 6.07) is 19.3. The van der Waals surface area contributed by atoms with Crippen LogP contribution in [-0.4, -0.2) is 76.9 Å². The molecule has 0 saturated carbocycles. The Bertz CT molecular complexity index is 1990. The van der Waals surface area contributed by atoms with Crippen molar-refractivity contribution in [2.45, 2.75) is 91.4 Å². The van der Waals surface area contributed by atoms with Gasteiger partial charge in [0, 0.05) is 55.8 Å². The topological polar surface area (TPSA) is 117 Å². The van der Waals surface area contributed by atoms with E-state index < -0.39 is 12.0 Å². The van der Waals surface area contributed by atoms with Gasteiger partial charge < -0.3 is 24.1 Å². The monoisotopic (exact) mass is 766 g/mol. The number of carboxylic acids is 1. The predicted octanol–water partition coefficient (Wildman–Crippen LogP) is 8.37. The minimum atomic E-state index is -0.830. The van der Waals surface area contributed by atoms with E-state index in [1.807, 2.05) is 29.2 Å². The molecule has 3 aromatic carbocycles. The lowest BCUT2D eigenvalue weighted by molar-refractivity contribution is -0.144. The molecule has 11 heteroatoms. The molecule has 6 rings (SSSR count). The maximum atomic E-state index is 12.1. The van der Waals surface area contributed by atoms with Crippen molar-refractivity contribution in [2.75, 3.05) is 32.8 Å². The van der Waals surface area contributed by atoms with Crippen molar-refractivity contribution >= 4 is 17.6 Å². The number of nitrogens with zero attached hydrogens (tertiary/aromatic N) is 4. The second-order valence-electron chi connectivity index (χ2n) is 14.7. The number of ether oxygens (including phenoxy) is 4. The molecule has 55 heavy (non-hydrogen) atoms. The van der Waals surface area contributed by atoms with Crippen molar-refractivity contribution in [2.24, 2.45) is 0 Å². The molecule has 2 aliphatic heterocycles. The molecule has 2 aliphatic rings. The van der Waals surface area contributed by atoms with E-state index in [1.165, 1.54) is 6.20 Å². The van der Waals surface area contributed by atoms with Gasteiger partial charge in [-0.3, -0.25) is 19.6 Å². The molecule has 1 aromatic heterocycles. The molecule has 0 bridgehead atoms. The van der Waals surface area contributed by atoms with Gasteiger partial charge in [0.2, 0.25) is 0 Å². The number of halogens is 1. The van der Waals surface area contributed by atoms with E-state index in [0.29, 0.717) is 48.2 Å². The maximum absolute atomic E-state index is 12.1. The molecule has 10 nitrogen and oxygen atoms in total. The minimum Gasteiger partial charge on any atom is -0.493 e. The smallest absolute Gasteiger partial charge is 0.320 e. The van der Waals surface area contributed by atoms with Crippen LogP contribution in [0.15, 0.2) is 67.0 Å². The molecule has 0 unspecified atom stereocenters. The number of likely N-dealkylation sites (tertiary alicyclic amines) is 1. The van der Waals surface area contributed by atoms with E-state index in [1.54, 1.807) is 18.3 Å². The van der Waals surface area contributed by atoms with Crippen molar-refractivity contribution < 1.29 is 28.8 Å². The lowest BCUT2D eigenvalue weighted by atomic mass is 9.93. The fourth-order valence-corrected chi connectivity index (χ4v) is 7.94. The third-order valence-electron chi connectivity index (χ3n) is 10.5. The average molecular weight is 767 g/mol. The Labute approximate surface area is 329 Å². The number of carboxylic acid groups (broad SMARTS) is 1. The first kappa shape index (κ1) is 40.0. The van der Waals surface area contributed by atoms with Crippen molar-refractivity contribution in [1.82, 2.24) is 14.8 Å². The number of piperidine rings is 1. The molecular formula is C44H51ClN4O6. The zero-order valence-corrected chi connectivity index (χ0v) is 33.0. The summed E-state index contributed by atoms with van der Waals surface area (Å²) in [7, 11) is 0. The standard InChI is InChI=1S/C44H51ClN4O6/c1-29-24-48(25-30(2)55-29)15-9-17-52-41-14-8-12-38(32(41)4)37-11-7-10-35(31(37)3)28-54-43-20-42(53-27-34-18-33(21-46)22-47-23-34)36(19-39(43)45)26-49-16-6-5-13-40(49)44(50)51/h7-8,10-12,14,18-20,22-23,29-30,40H,5-6,9,13,15-17,24-28H2,1-4H3,(H,50,51)/t29-,30+,40-/m0/s1. The van der Waals surface area contributed by atoms with Crippen molar-refractivity contribution in [3.8, 4) is 34.4 Å². The van der Waals surface area contributed by atoms with Crippen LogP contribution < -0.4 is 14.2 Å². The van der Waals surface area contributed by atoms with Gasteiger partial charge in [0.25, 0.3) is 0 Å². The van der Waals surface area contributed by atoms with Crippen LogP contribution in [0.25, 0.3) is 11.1 Å². The van der Waals surface area contributed by atoms with Crippen LogP contribution in [-0.2, 0) is 29.3 Å². The van der Waals surface area contributed by atoms with Gasteiger partial charge in [-0.25, -0.2) is 0 Å². The first-order valence-corrected chi connectivity index (χ1v) is 19.6. The summed E-state index contributed by atoms with van der Waals surface area (Å²) < 4.78 is 24.9. The number of morpholine rings is 1. The van der Waals surface area contributed by atoms with Gasteiger partial charge >= 0.3 is 5.97 Å². The molecule has 3 heterocycles. The maximum Gasteiger partial charge on any atom is 0.320 e. The number of pyridine rings is 1. The number of aliphatic carboxylic acids is 1. The number of carbonyl (C=O) groups is 1. The van der Waals surface area contributed by atoms with Gasteiger partial charge in [0.15, 0.2) is 0 Å². The summed E-state index contributed by atoms with van der Waals surface area (Å²) in [4.78, 5) is 20.7. The normalized spacial score (nSPS) is 19.1. The highest BCUT2D eigenvalue weighted by Crippen LogP contribution is 2.37. The zero-order chi connectivity index (χ0) is 38.9. The minimum absolute atomic E-state index is 0.161. The Hall–Kier alpha value is -4.66. The van der Waals surface area contributed by atoms with Gasteiger partial charge in [-0.2, -0.15) is 5.26 Å². The summed E-state index contributed by atoms with van der Waals surface area (Å²) in [5.41, 5.74) is 7.34. The quantitative estimate of drug-likeness (QED) is 0.118. The predicted molar refractivity (Wildman–Crippen MR) is 213 cm³/mol. The molecule has 4 aromatic rings. The number of aromatic nitrogens is 1. The van der Waals surface area contributed by atoms with Crippen molar-refractivity contribution in [1.29, 1.82) is 5.26 Å². The number of hydrogen-bond donors (Lipinski definition) is 1. The van der Waals surface area contributed by atoms with E-state index in [2.05, 4.69) is 61.8 Å². The summed E-state index contributed by atoms with van der Waals surface area (Å²) in [5, 5.41) is 19.7. The van der Waals surface area contributed by atoms with Crippen LogP contribution in [0.2, 0.25) is 5.02 Å². The van der Waals surface area contributed by atoms with Crippen LogP contribution in [0, 0.1) is 25.2 Å². The van der Waals surface area contributed by atoms with Gasteiger partial charge in [-0.15, -0.1) is 0 Å². The second-order valence-corrected chi connectivity index (χ2v) is 15.1. The lowest BCUT2D eigenvalue weighted by Gasteiger charge is -2.35. The highest BCUT2D eigenvalue weighted by Gasteiger charge is 2.29. The van der Waals surface area contributed by atoms with Crippen LogP contribution >= 0.6 is 11.6 Å². The van der Waals surface area contributed by atoms with E-state index in [9.17, 15) is 15.2 Å². The van der Waals surface area contributed by atoms with Gasteiger partial charge in [0.05, 0.1) is 29.4 Å². The number of nitriles is 1. The fraction of sp³-hybridized carbons (Fsp3) is 0.432. The Morgan fingerprint density at radius 1 is 0.927 bits per heavy atom. The molecule has 0 spiro atoms. The molecule has 2 saturated heterocycles. The molecule has 2 fully saturated rings. The number of rotatable bonds is 15. The molecule has 290 valence electrons. The third kappa shape index (κ3) is 10.4. The molecule has 0 radical (unpaired) electrons. The first-order chi connectivity index (χ1) is 26.6. The molecular weight excluding hydrogens is 716 g/mol. The summed E-state index contributed by atoms with van der Waals surface area (Å²) >= 11 is 6.87. The van der Waals surface area contributed by atoms with Crippen LogP contribution in [0.4, 0.5) is 0 Å². The largest absolute Gasteiger partial charge is 0.493 e. The first-order valence-electron chi connectivity index (χ1n) is 19.2. The van der Waals surface area contributed by atoms with Gasteiger partial charge in [-0.05, 0) is 99.5 Å². The highest BCUT2D eigenvalue weighted by molar-refractivity contribution is 6.32. The van der Waals surface area contributed by atoms with Crippen molar-refractivity contribution in [3.05, 3.63) is 105 Å². The SMILES string of the molecule is Cc1c(COc2cc(OCc3cncc(C#N)c3)c(CN3CCCC[C@H]3C(=O)O)cc2Cl)cccc1-c1cccc(OCCCN2C[C@@H](C)O[C@@H](C)C2)c1C. The number of benzene rings is 3. The second kappa shape index (κ2) is 18.8. The average Bonchev–Trinajstić information content (AvgIpc) is 3.17. The van der Waals surface area contributed by atoms with Crippen LogP contribution in [0.1, 0.15) is 72.9 Å². The van der Waals surface area contributed by atoms with E-state index >= 15 is 0 Å². The number of hydrogen-bond acceptors (Lipinski definition) is 9. The van der Waals surface area contributed by atoms with E-state index in [4.69, 9.17) is 30.5 Å². The van der Waals surface area contributed by atoms with Gasteiger partial charge in [0.1, 0.15) is 42.6 Å². The molecule has 1 N–H and O–H groups in total. The van der Waals surface area contributed by atoms with E-state index in [-0.39, 0.29) is 25.4 Å². The molecule has 0 aliphatic carbocycles. The summed E-state index contributed by atoms with van der Waals surface area (Å²) in [5.74, 6) is 1.04. The summed E-state index contributed by atoms with van der Waals surface area (Å²) in [6.07, 6.45) is 7.00. The van der Waals surface area contributed by atoms with E-state index in [0.717, 1.165) is 83.6 Å². The lowest BCUT2D eigenvalue weighted by Crippen LogP contribution is -2.45. The van der Waals surface area contributed by atoms with Crippen LogP contribution in [0.5, 0.6) is 17.2 Å². The Morgan fingerprint density at radius 2 is 1.67 bits per heavy atom. The zero-order valence-electron chi connectivity index (χ0n) is 32.2. The highest BCUT2D eigenvalue weighted by atomic mass is 35.5.